The van der Waals surface area contributed by atoms with Gasteiger partial charge in [-0.1, -0.05) is 12.1 Å². The Balaban J connectivity index is 1.75. The van der Waals surface area contributed by atoms with E-state index in [1.54, 1.807) is 18.0 Å². The molecule has 2 heterocycles. The Morgan fingerprint density at radius 1 is 1.21 bits per heavy atom. The summed E-state index contributed by atoms with van der Waals surface area (Å²) >= 11 is 0. The fraction of sp³-hybridized carbons (Fsp3) is 0.353. The van der Waals surface area contributed by atoms with E-state index in [1.165, 1.54) is 0 Å². The van der Waals surface area contributed by atoms with Crippen molar-refractivity contribution >= 4 is 11.3 Å². The van der Waals surface area contributed by atoms with Crippen LogP contribution >= 0.6 is 0 Å². The minimum absolute atomic E-state index is 0.0657. The molecule has 0 aliphatic heterocycles. The number of rotatable bonds is 6. The smallest absolute Gasteiger partial charge is 0.200 e. The zero-order chi connectivity index (χ0) is 17.1. The van der Waals surface area contributed by atoms with E-state index in [-0.39, 0.29) is 6.04 Å². The average Bonchev–Trinajstić information content (AvgIpc) is 3.05. The lowest BCUT2D eigenvalue weighted by Crippen LogP contribution is -2.25. The molecule has 3 rings (SSSR count). The van der Waals surface area contributed by atoms with Crippen molar-refractivity contribution in [2.75, 3.05) is 19.0 Å². The number of para-hydroxylation sites is 2. The highest BCUT2D eigenvalue weighted by Gasteiger charge is 2.14. The lowest BCUT2D eigenvalue weighted by Gasteiger charge is -2.19. The standard InChI is InChI=1S/C17H21N5O2/c1-11(9-24-15-8-6-5-7-14(15)23-4)19-16-12(2)13(3)21-22-10-18-20-17(16)22/h5-8,10-11,19H,9H2,1-4H3. The molecule has 1 aromatic carbocycles. The van der Waals surface area contributed by atoms with Crippen molar-refractivity contribution in [1.82, 2.24) is 19.8 Å². The molecule has 0 radical (unpaired) electrons. The molecule has 0 fully saturated rings. The molecule has 1 N–H and O–H groups in total. The molecule has 1 atom stereocenters. The molecule has 0 saturated heterocycles. The van der Waals surface area contributed by atoms with Crippen LogP contribution in [-0.2, 0) is 0 Å². The van der Waals surface area contributed by atoms with Crippen molar-refractivity contribution in [3.05, 3.63) is 41.9 Å². The number of nitrogens with zero attached hydrogens (tertiary/aromatic N) is 4. The fourth-order valence-electron chi connectivity index (χ4n) is 2.47. The van der Waals surface area contributed by atoms with Gasteiger partial charge in [-0.15, -0.1) is 10.2 Å². The SMILES string of the molecule is COc1ccccc1OCC(C)Nc1c(C)c(C)nn2cnnc12. The first kappa shape index (κ1) is 16.0. The first-order valence-electron chi connectivity index (χ1n) is 7.79. The molecular weight excluding hydrogens is 306 g/mol. The third-order valence-electron chi connectivity index (χ3n) is 3.88. The molecule has 0 amide bonds. The van der Waals surface area contributed by atoms with Crippen LogP contribution in [0.2, 0.25) is 0 Å². The summed E-state index contributed by atoms with van der Waals surface area (Å²) in [6.07, 6.45) is 1.60. The minimum Gasteiger partial charge on any atom is -0.493 e. The summed E-state index contributed by atoms with van der Waals surface area (Å²) in [5, 5.41) is 16.0. The van der Waals surface area contributed by atoms with Gasteiger partial charge in [-0.2, -0.15) is 9.61 Å². The molecule has 0 aliphatic carbocycles. The maximum absolute atomic E-state index is 5.88. The summed E-state index contributed by atoms with van der Waals surface area (Å²) < 4.78 is 12.9. The van der Waals surface area contributed by atoms with Gasteiger partial charge in [0.05, 0.1) is 24.5 Å². The van der Waals surface area contributed by atoms with Gasteiger partial charge >= 0.3 is 0 Å². The summed E-state index contributed by atoms with van der Waals surface area (Å²) in [6.45, 7) is 6.53. The Morgan fingerprint density at radius 3 is 2.71 bits per heavy atom. The Bertz CT molecular complexity index is 846. The second-order valence-electron chi connectivity index (χ2n) is 5.69. The van der Waals surface area contributed by atoms with Crippen molar-refractivity contribution in [2.45, 2.75) is 26.8 Å². The van der Waals surface area contributed by atoms with Gasteiger partial charge in [0, 0.05) is 0 Å². The van der Waals surface area contributed by atoms with Gasteiger partial charge in [0.2, 0.25) is 5.65 Å². The minimum atomic E-state index is 0.0657. The monoisotopic (exact) mass is 327 g/mol. The molecule has 7 heteroatoms. The van der Waals surface area contributed by atoms with Crippen LogP contribution in [0.15, 0.2) is 30.6 Å². The van der Waals surface area contributed by atoms with Gasteiger partial charge in [0.15, 0.2) is 11.5 Å². The first-order valence-corrected chi connectivity index (χ1v) is 7.79. The number of hydrogen-bond acceptors (Lipinski definition) is 6. The van der Waals surface area contributed by atoms with Crippen LogP contribution in [0.5, 0.6) is 11.5 Å². The summed E-state index contributed by atoms with van der Waals surface area (Å²) in [7, 11) is 1.63. The van der Waals surface area contributed by atoms with Gasteiger partial charge in [0.25, 0.3) is 0 Å². The fourth-order valence-corrected chi connectivity index (χ4v) is 2.47. The summed E-state index contributed by atoms with van der Waals surface area (Å²) in [6, 6.07) is 7.68. The second-order valence-corrected chi connectivity index (χ2v) is 5.69. The molecule has 0 bridgehead atoms. The molecule has 0 aliphatic rings. The molecule has 0 saturated carbocycles. The zero-order valence-electron chi connectivity index (χ0n) is 14.3. The number of aromatic nitrogens is 4. The van der Waals surface area contributed by atoms with Crippen LogP contribution in [0.3, 0.4) is 0 Å². The highest BCUT2D eigenvalue weighted by Crippen LogP contribution is 2.26. The third-order valence-corrected chi connectivity index (χ3v) is 3.88. The van der Waals surface area contributed by atoms with E-state index in [2.05, 4.69) is 27.5 Å². The van der Waals surface area contributed by atoms with Crippen molar-refractivity contribution < 1.29 is 9.47 Å². The Kier molecular flexibility index (Phi) is 4.50. The van der Waals surface area contributed by atoms with E-state index in [0.29, 0.717) is 12.3 Å². The van der Waals surface area contributed by atoms with Gasteiger partial charge in [-0.05, 0) is 38.5 Å². The molecule has 0 spiro atoms. The number of fused-ring (bicyclic) bond motifs is 1. The van der Waals surface area contributed by atoms with Gasteiger partial charge < -0.3 is 14.8 Å². The molecule has 1 unspecified atom stereocenters. The maximum atomic E-state index is 5.88. The number of ether oxygens (including phenoxy) is 2. The van der Waals surface area contributed by atoms with E-state index in [0.717, 1.165) is 28.4 Å². The zero-order valence-corrected chi connectivity index (χ0v) is 14.3. The van der Waals surface area contributed by atoms with Crippen LogP contribution < -0.4 is 14.8 Å². The quantitative estimate of drug-likeness (QED) is 0.750. The predicted molar refractivity (Wildman–Crippen MR) is 91.8 cm³/mol. The van der Waals surface area contributed by atoms with Crippen LogP contribution in [-0.4, -0.2) is 39.6 Å². The van der Waals surface area contributed by atoms with Crippen LogP contribution in [0.25, 0.3) is 5.65 Å². The van der Waals surface area contributed by atoms with E-state index < -0.39 is 0 Å². The topological polar surface area (TPSA) is 73.6 Å². The molecule has 126 valence electrons. The molecular formula is C17H21N5O2. The van der Waals surface area contributed by atoms with E-state index in [9.17, 15) is 0 Å². The highest BCUT2D eigenvalue weighted by molar-refractivity contribution is 5.71. The average molecular weight is 327 g/mol. The highest BCUT2D eigenvalue weighted by atomic mass is 16.5. The summed E-state index contributed by atoms with van der Waals surface area (Å²) in [5.41, 5.74) is 3.63. The number of hydrogen-bond donors (Lipinski definition) is 1. The predicted octanol–water partition coefficient (Wildman–Crippen LogP) is 2.63. The van der Waals surface area contributed by atoms with Crippen LogP contribution in [0.1, 0.15) is 18.2 Å². The molecule has 24 heavy (non-hydrogen) atoms. The Morgan fingerprint density at radius 2 is 1.96 bits per heavy atom. The maximum Gasteiger partial charge on any atom is 0.200 e. The Hall–Kier alpha value is -2.83. The van der Waals surface area contributed by atoms with Gasteiger partial charge in [0.1, 0.15) is 12.9 Å². The molecule has 3 aromatic rings. The van der Waals surface area contributed by atoms with Crippen molar-refractivity contribution in [3.8, 4) is 11.5 Å². The summed E-state index contributed by atoms with van der Waals surface area (Å²) in [5.74, 6) is 1.45. The lowest BCUT2D eigenvalue weighted by molar-refractivity contribution is 0.284. The molecule has 7 nitrogen and oxygen atoms in total. The van der Waals surface area contributed by atoms with Gasteiger partial charge in [-0.25, -0.2) is 0 Å². The lowest BCUT2D eigenvalue weighted by atomic mass is 10.2. The normalized spacial score (nSPS) is 12.2. The number of methoxy groups -OCH3 is 1. The number of benzene rings is 1. The van der Waals surface area contributed by atoms with Gasteiger partial charge in [-0.3, -0.25) is 0 Å². The van der Waals surface area contributed by atoms with E-state index in [1.807, 2.05) is 38.1 Å². The van der Waals surface area contributed by atoms with Crippen molar-refractivity contribution in [2.24, 2.45) is 0 Å². The van der Waals surface area contributed by atoms with Crippen molar-refractivity contribution in [1.29, 1.82) is 0 Å². The van der Waals surface area contributed by atoms with Crippen LogP contribution in [0.4, 0.5) is 5.69 Å². The summed E-state index contributed by atoms with van der Waals surface area (Å²) in [4.78, 5) is 0. The van der Waals surface area contributed by atoms with Crippen LogP contribution in [0, 0.1) is 13.8 Å². The largest absolute Gasteiger partial charge is 0.493 e. The second kappa shape index (κ2) is 6.74. The van der Waals surface area contributed by atoms with E-state index >= 15 is 0 Å². The van der Waals surface area contributed by atoms with Crippen molar-refractivity contribution in [3.63, 3.8) is 0 Å². The first-order chi connectivity index (χ1) is 11.6. The Labute approximate surface area is 140 Å². The number of anilines is 1. The number of nitrogens with one attached hydrogen (secondary N) is 1. The van der Waals surface area contributed by atoms with E-state index in [4.69, 9.17) is 9.47 Å². The molecule has 2 aromatic heterocycles. The number of aryl methyl sites for hydroxylation is 1. The third kappa shape index (κ3) is 3.10.